The maximum atomic E-state index is 13.2. The number of hydrogen-bond donors (Lipinski definition) is 0. The van der Waals surface area contributed by atoms with Crippen molar-refractivity contribution in [3.8, 4) is 16.8 Å². The van der Waals surface area contributed by atoms with Crippen molar-refractivity contribution in [1.82, 2.24) is 9.78 Å². The number of benzene rings is 2. The minimum Gasteiger partial charge on any atom is -0.288 e. The fourth-order valence-corrected chi connectivity index (χ4v) is 2.87. The molecular formula is C18H12F3N3. The molecule has 3 aromatic rings. The molecule has 2 heterocycles. The maximum Gasteiger partial charge on any atom is 0.416 e. The third kappa shape index (κ3) is 2.50. The van der Waals surface area contributed by atoms with Gasteiger partial charge in [0.15, 0.2) is 0 Å². The van der Waals surface area contributed by atoms with Crippen LogP contribution in [0.1, 0.15) is 16.7 Å². The summed E-state index contributed by atoms with van der Waals surface area (Å²) in [5.41, 5.74) is 2.74. The van der Waals surface area contributed by atoms with Crippen LogP contribution in [0, 0.1) is 0 Å². The molecule has 6 heteroatoms. The highest BCUT2D eigenvalue weighted by Crippen LogP contribution is 2.37. The highest BCUT2D eigenvalue weighted by Gasteiger charge is 2.32. The Morgan fingerprint density at radius 3 is 2.67 bits per heavy atom. The summed E-state index contributed by atoms with van der Waals surface area (Å²) >= 11 is 0. The molecule has 0 radical (unpaired) electrons. The zero-order valence-electron chi connectivity index (χ0n) is 12.5. The quantitative estimate of drug-likeness (QED) is 0.682. The molecule has 24 heavy (non-hydrogen) atoms. The molecule has 0 bridgehead atoms. The van der Waals surface area contributed by atoms with Crippen LogP contribution in [0.15, 0.2) is 59.9 Å². The van der Waals surface area contributed by atoms with Gasteiger partial charge in [0.1, 0.15) is 0 Å². The lowest BCUT2D eigenvalue weighted by Crippen LogP contribution is -2.07. The molecule has 0 amide bonds. The summed E-state index contributed by atoms with van der Waals surface area (Å²) in [6, 6.07) is 11.5. The van der Waals surface area contributed by atoms with E-state index in [1.165, 1.54) is 12.1 Å². The number of nitrogens with zero attached hydrogens (tertiary/aromatic N) is 3. The van der Waals surface area contributed by atoms with E-state index in [0.29, 0.717) is 16.7 Å². The molecule has 4 rings (SSSR count). The summed E-state index contributed by atoms with van der Waals surface area (Å²) in [6.45, 7) is 0.283. The molecule has 0 unspecified atom stereocenters. The largest absolute Gasteiger partial charge is 0.416 e. The lowest BCUT2D eigenvalue weighted by Gasteiger charge is -2.14. The van der Waals surface area contributed by atoms with Crippen molar-refractivity contribution >= 4 is 6.21 Å². The van der Waals surface area contributed by atoms with E-state index in [0.717, 1.165) is 11.3 Å². The van der Waals surface area contributed by atoms with E-state index in [9.17, 15) is 13.2 Å². The fourth-order valence-electron chi connectivity index (χ4n) is 2.87. The van der Waals surface area contributed by atoms with Gasteiger partial charge < -0.3 is 0 Å². The predicted molar refractivity (Wildman–Crippen MR) is 85.3 cm³/mol. The molecule has 3 nitrogen and oxygen atoms in total. The fraction of sp³-hybridized carbons (Fsp3) is 0.111. The van der Waals surface area contributed by atoms with Gasteiger partial charge in [0.25, 0.3) is 0 Å². The smallest absolute Gasteiger partial charge is 0.288 e. The second-order valence-electron chi connectivity index (χ2n) is 5.57. The second-order valence-corrected chi connectivity index (χ2v) is 5.57. The summed E-state index contributed by atoms with van der Waals surface area (Å²) in [4.78, 5) is 4.12. The monoisotopic (exact) mass is 327 g/mol. The van der Waals surface area contributed by atoms with Crippen molar-refractivity contribution in [2.75, 3.05) is 0 Å². The van der Waals surface area contributed by atoms with Crippen LogP contribution in [0.25, 0.3) is 16.8 Å². The Hall–Kier alpha value is -2.89. The molecule has 1 aliphatic rings. The second kappa shape index (κ2) is 5.33. The van der Waals surface area contributed by atoms with Gasteiger partial charge in [-0.15, -0.1) is 0 Å². The number of hydrogen-bond acceptors (Lipinski definition) is 2. The molecule has 2 aromatic carbocycles. The number of fused-ring (bicyclic) bond motifs is 1. The van der Waals surface area contributed by atoms with E-state index in [4.69, 9.17) is 0 Å². The van der Waals surface area contributed by atoms with E-state index in [1.54, 1.807) is 35.4 Å². The molecule has 0 aliphatic carbocycles. The van der Waals surface area contributed by atoms with Crippen LogP contribution in [0.4, 0.5) is 13.2 Å². The average Bonchev–Trinajstić information content (AvgIpc) is 3.24. The van der Waals surface area contributed by atoms with Crippen molar-refractivity contribution in [1.29, 1.82) is 0 Å². The molecule has 0 spiro atoms. The van der Waals surface area contributed by atoms with Crippen molar-refractivity contribution in [2.45, 2.75) is 12.7 Å². The first kappa shape index (κ1) is 14.7. The van der Waals surface area contributed by atoms with Gasteiger partial charge in [-0.1, -0.05) is 12.1 Å². The number of aliphatic imine (C=N–C) groups is 1. The molecule has 120 valence electrons. The van der Waals surface area contributed by atoms with Gasteiger partial charge in [0, 0.05) is 24.2 Å². The van der Waals surface area contributed by atoms with Crippen molar-refractivity contribution in [3.63, 3.8) is 0 Å². The van der Waals surface area contributed by atoms with Gasteiger partial charge in [-0.2, -0.15) is 18.3 Å². The highest BCUT2D eigenvalue weighted by molar-refractivity contribution is 5.94. The van der Waals surface area contributed by atoms with Gasteiger partial charge >= 0.3 is 6.18 Å². The van der Waals surface area contributed by atoms with Crippen LogP contribution in [0.5, 0.6) is 0 Å². The molecule has 0 atom stereocenters. The number of halogens is 3. The van der Waals surface area contributed by atoms with E-state index >= 15 is 0 Å². The number of rotatable bonds is 2. The summed E-state index contributed by atoms with van der Waals surface area (Å²) in [6.07, 6.45) is 0.704. The predicted octanol–water partition coefficient (Wildman–Crippen LogP) is 4.49. The molecule has 0 saturated carbocycles. The third-order valence-corrected chi connectivity index (χ3v) is 4.00. The molecule has 0 fully saturated rings. The standard InChI is InChI=1S/C18H12F3N3/c19-18(20,21)14-7-13-10-22-11-17(13)16(9-14)12-3-1-4-15(8-12)24-6-2-5-23-24/h1-9,11H,10H2. The van der Waals surface area contributed by atoms with Crippen molar-refractivity contribution < 1.29 is 13.2 Å². The van der Waals surface area contributed by atoms with Gasteiger partial charge in [-0.25, -0.2) is 4.68 Å². The molecule has 0 N–H and O–H groups in total. The molecule has 1 aromatic heterocycles. The normalized spacial score (nSPS) is 13.3. The van der Waals surface area contributed by atoms with Crippen LogP contribution >= 0.6 is 0 Å². The summed E-state index contributed by atoms with van der Waals surface area (Å²) in [5, 5.41) is 4.16. The average molecular weight is 327 g/mol. The van der Waals surface area contributed by atoms with Gasteiger partial charge in [-0.05, 0) is 47.0 Å². The summed E-state index contributed by atoms with van der Waals surface area (Å²) < 4.78 is 41.3. The number of alkyl halides is 3. The Bertz CT molecular complexity index is 925. The minimum atomic E-state index is -4.38. The SMILES string of the molecule is FC(F)(F)c1cc2c(c(-c3cccc(-n4cccn4)c3)c1)C=NC2. The van der Waals surface area contributed by atoms with Gasteiger partial charge in [-0.3, -0.25) is 4.99 Å². The zero-order valence-corrected chi connectivity index (χ0v) is 12.5. The molecule has 1 aliphatic heterocycles. The van der Waals surface area contributed by atoms with Crippen LogP contribution in [-0.2, 0) is 12.7 Å². The van der Waals surface area contributed by atoms with Gasteiger partial charge in [0.05, 0.1) is 17.8 Å². The van der Waals surface area contributed by atoms with Crippen molar-refractivity contribution in [3.05, 3.63) is 71.5 Å². The molecular weight excluding hydrogens is 315 g/mol. The molecule has 0 saturated heterocycles. The van der Waals surface area contributed by atoms with E-state index in [2.05, 4.69) is 10.1 Å². The van der Waals surface area contributed by atoms with Gasteiger partial charge in [0.2, 0.25) is 0 Å². The highest BCUT2D eigenvalue weighted by atomic mass is 19.4. The first-order valence-electron chi connectivity index (χ1n) is 7.37. The Balaban J connectivity index is 1.89. The van der Waals surface area contributed by atoms with Crippen molar-refractivity contribution in [2.24, 2.45) is 4.99 Å². The minimum absolute atomic E-state index is 0.283. The first-order valence-corrected chi connectivity index (χ1v) is 7.37. The Morgan fingerprint density at radius 2 is 1.92 bits per heavy atom. The summed E-state index contributed by atoms with van der Waals surface area (Å²) in [5.74, 6) is 0. The Labute approximate surface area is 136 Å². The first-order chi connectivity index (χ1) is 11.5. The van der Waals surface area contributed by atoms with Crippen LogP contribution < -0.4 is 0 Å². The topological polar surface area (TPSA) is 30.2 Å². The van der Waals surface area contributed by atoms with E-state index in [-0.39, 0.29) is 6.54 Å². The third-order valence-electron chi connectivity index (χ3n) is 4.00. The van der Waals surface area contributed by atoms with E-state index < -0.39 is 11.7 Å². The van der Waals surface area contributed by atoms with Crippen LogP contribution in [-0.4, -0.2) is 16.0 Å². The lowest BCUT2D eigenvalue weighted by atomic mass is 9.94. The zero-order chi connectivity index (χ0) is 16.7. The Kier molecular flexibility index (Phi) is 3.26. The summed E-state index contributed by atoms with van der Waals surface area (Å²) in [7, 11) is 0. The maximum absolute atomic E-state index is 13.2. The van der Waals surface area contributed by atoms with E-state index in [1.807, 2.05) is 18.2 Å². The lowest BCUT2D eigenvalue weighted by molar-refractivity contribution is -0.137. The Morgan fingerprint density at radius 1 is 1.04 bits per heavy atom. The van der Waals surface area contributed by atoms with Crippen LogP contribution in [0.2, 0.25) is 0 Å². The van der Waals surface area contributed by atoms with Crippen LogP contribution in [0.3, 0.4) is 0 Å². The number of aromatic nitrogens is 2.